The van der Waals surface area contributed by atoms with Gasteiger partial charge in [0.25, 0.3) is 5.91 Å². The number of rotatable bonds is 13. The number of ether oxygens (including phenoxy) is 4. The Hall–Kier alpha value is -3.04. The Bertz CT molecular complexity index is 1080. The SMILES string of the molecule is CCOc1cc(NC(=O)C(N=Nc2ccc(OCC)c(Cl)c2OCC)C(C)=O)c(Cl)c(OCC)c1. The second kappa shape index (κ2) is 13.7. The lowest BCUT2D eigenvalue weighted by molar-refractivity contribution is -0.126. The van der Waals surface area contributed by atoms with Crippen LogP contribution in [0, 0.1) is 0 Å². The number of ketones is 1. The minimum absolute atomic E-state index is 0.167. The number of carbonyl (C=O) groups excluding carboxylic acids is 2. The number of hydrogen-bond donors (Lipinski definition) is 1. The molecule has 35 heavy (non-hydrogen) atoms. The fourth-order valence-electron chi connectivity index (χ4n) is 2.97. The van der Waals surface area contributed by atoms with Gasteiger partial charge in [-0.3, -0.25) is 9.59 Å². The van der Waals surface area contributed by atoms with Crippen LogP contribution in [0.15, 0.2) is 34.5 Å². The molecule has 190 valence electrons. The van der Waals surface area contributed by atoms with Crippen LogP contribution in [-0.4, -0.2) is 44.2 Å². The third-order valence-corrected chi connectivity index (χ3v) is 5.17. The number of benzene rings is 2. The number of carbonyl (C=O) groups is 2. The molecular formula is C24H29Cl2N3O6. The molecule has 1 unspecified atom stereocenters. The molecule has 11 heteroatoms. The van der Waals surface area contributed by atoms with E-state index >= 15 is 0 Å². The number of amides is 1. The predicted molar refractivity (Wildman–Crippen MR) is 135 cm³/mol. The molecule has 2 aromatic rings. The monoisotopic (exact) mass is 525 g/mol. The van der Waals surface area contributed by atoms with Gasteiger partial charge in [-0.05, 0) is 46.8 Å². The maximum atomic E-state index is 13.0. The lowest BCUT2D eigenvalue weighted by Crippen LogP contribution is -2.32. The van der Waals surface area contributed by atoms with E-state index < -0.39 is 17.7 Å². The first-order valence-corrected chi connectivity index (χ1v) is 11.9. The van der Waals surface area contributed by atoms with Crippen LogP contribution in [0.4, 0.5) is 11.4 Å². The Labute approximate surface area is 214 Å². The number of azo groups is 1. The van der Waals surface area contributed by atoms with E-state index in [1.165, 1.54) is 6.92 Å². The van der Waals surface area contributed by atoms with Gasteiger partial charge in [-0.2, -0.15) is 10.2 Å². The van der Waals surface area contributed by atoms with Crippen molar-refractivity contribution in [3.05, 3.63) is 34.3 Å². The van der Waals surface area contributed by atoms with Crippen LogP contribution in [0.25, 0.3) is 0 Å². The van der Waals surface area contributed by atoms with Crippen LogP contribution in [0.2, 0.25) is 10.0 Å². The molecule has 0 fully saturated rings. The van der Waals surface area contributed by atoms with E-state index in [1.54, 1.807) is 38.1 Å². The summed E-state index contributed by atoms with van der Waals surface area (Å²) in [6, 6.07) is 4.91. The molecule has 0 aliphatic heterocycles. The quantitative estimate of drug-likeness (QED) is 0.244. The molecule has 0 aliphatic rings. The van der Waals surface area contributed by atoms with Gasteiger partial charge in [0.2, 0.25) is 6.04 Å². The number of Topliss-reactive ketones (excluding diaryl/α,β-unsaturated/α-hetero) is 1. The van der Waals surface area contributed by atoms with E-state index in [4.69, 9.17) is 42.1 Å². The van der Waals surface area contributed by atoms with Gasteiger partial charge in [0, 0.05) is 12.1 Å². The standard InChI is InChI=1S/C24H29Cl2N3O6/c1-6-32-15-12-17(20(25)19(13-15)34-8-3)27-24(31)22(14(5)30)29-28-16-10-11-18(33-7-2)21(26)23(16)35-9-4/h10-13,22H,6-9H2,1-5H3,(H,27,31). The molecule has 0 spiro atoms. The highest BCUT2D eigenvalue weighted by molar-refractivity contribution is 6.35. The van der Waals surface area contributed by atoms with Crippen molar-refractivity contribution in [3.63, 3.8) is 0 Å². The third-order valence-electron chi connectivity index (χ3n) is 4.43. The maximum absolute atomic E-state index is 13.0. The Balaban J connectivity index is 2.37. The first-order valence-electron chi connectivity index (χ1n) is 11.2. The lowest BCUT2D eigenvalue weighted by atomic mass is 10.2. The minimum atomic E-state index is -1.45. The molecule has 0 radical (unpaired) electrons. The van der Waals surface area contributed by atoms with E-state index in [2.05, 4.69) is 15.5 Å². The smallest absolute Gasteiger partial charge is 0.258 e. The van der Waals surface area contributed by atoms with Crippen molar-refractivity contribution < 1.29 is 28.5 Å². The van der Waals surface area contributed by atoms with E-state index in [0.717, 1.165) is 0 Å². The van der Waals surface area contributed by atoms with Crippen LogP contribution in [0.5, 0.6) is 23.0 Å². The molecule has 0 aromatic heterocycles. The van der Waals surface area contributed by atoms with E-state index in [0.29, 0.717) is 43.7 Å². The average Bonchev–Trinajstić information content (AvgIpc) is 2.81. The zero-order valence-electron chi connectivity index (χ0n) is 20.3. The first-order chi connectivity index (χ1) is 16.8. The summed E-state index contributed by atoms with van der Waals surface area (Å²) in [5.74, 6) is 0.188. The number of halogens is 2. The average molecular weight is 526 g/mol. The van der Waals surface area contributed by atoms with Gasteiger partial charge < -0.3 is 24.3 Å². The normalized spacial score (nSPS) is 11.7. The summed E-state index contributed by atoms with van der Waals surface area (Å²) in [5, 5.41) is 11.1. The van der Waals surface area contributed by atoms with E-state index in [1.807, 2.05) is 13.8 Å². The summed E-state index contributed by atoms with van der Waals surface area (Å²) >= 11 is 12.8. The molecule has 1 N–H and O–H groups in total. The molecule has 1 amide bonds. The molecule has 0 aliphatic carbocycles. The highest BCUT2D eigenvalue weighted by Crippen LogP contribution is 2.42. The summed E-state index contributed by atoms with van der Waals surface area (Å²) < 4.78 is 22.1. The number of nitrogens with zero attached hydrogens (tertiary/aromatic N) is 2. The van der Waals surface area contributed by atoms with Crippen molar-refractivity contribution in [2.45, 2.75) is 40.7 Å². The fourth-order valence-corrected chi connectivity index (χ4v) is 3.45. The largest absolute Gasteiger partial charge is 0.494 e. The summed E-state index contributed by atoms with van der Waals surface area (Å²) in [7, 11) is 0. The fraction of sp³-hybridized carbons (Fsp3) is 0.417. The Morgan fingerprint density at radius 3 is 2.11 bits per heavy atom. The lowest BCUT2D eigenvalue weighted by Gasteiger charge is -2.16. The molecule has 2 aromatic carbocycles. The van der Waals surface area contributed by atoms with Crippen molar-refractivity contribution >= 4 is 46.3 Å². The summed E-state index contributed by atoms with van der Waals surface area (Å²) in [4.78, 5) is 25.2. The highest BCUT2D eigenvalue weighted by atomic mass is 35.5. The number of nitrogens with one attached hydrogen (secondary N) is 1. The predicted octanol–water partition coefficient (Wildman–Crippen LogP) is 6.27. The number of anilines is 1. The Morgan fingerprint density at radius 2 is 1.51 bits per heavy atom. The van der Waals surface area contributed by atoms with Crippen LogP contribution in [0.3, 0.4) is 0 Å². The molecule has 1 atom stereocenters. The van der Waals surface area contributed by atoms with Gasteiger partial charge in [-0.1, -0.05) is 23.2 Å². The maximum Gasteiger partial charge on any atom is 0.258 e. The molecule has 0 heterocycles. The van der Waals surface area contributed by atoms with Crippen molar-refractivity contribution in [2.24, 2.45) is 10.2 Å². The summed E-state index contributed by atoms with van der Waals surface area (Å²) in [6.45, 7) is 9.96. The van der Waals surface area contributed by atoms with E-state index in [9.17, 15) is 9.59 Å². The van der Waals surface area contributed by atoms with Crippen molar-refractivity contribution in [3.8, 4) is 23.0 Å². The Morgan fingerprint density at radius 1 is 0.886 bits per heavy atom. The van der Waals surface area contributed by atoms with E-state index in [-0.39, 0.29) is 27.2 Å². The topological polar surface area (TPSA) is 108 Å². The summed E-state index contributed by atoms with van der Waals surface area (Å²) in [5.41, 5.74) is 0.459. The van der Waals surface area contributed by atoms with Gasteiger partial charge >= 0.3 is 0 Å². The van der Waals surface area contributed by atoms with Crippen molar-refractivity contribution in [2.75, 3.05) is 31.7 Å². The van der Waals surface area contributed by atoms with Crippen LogP contribution in [0.1, 0.15) is 34.6 Å². The van der Waals surface area contributed by atoms with Crippen molar-refractivity contribution in [1.29, 1.82) is 0 Å². The summed E-state index contributed by atoms with van der Waals surface area (Å²) in [6.07, 6.45) is 0. The molecular weight excluding hydrogens is 497 g/mol. The Kier molecular flexibility index (Phi) is 11.1. The molecule has 0 saturated carbocycles. The zero-order valence-corrected chi connectivity index (χ0v) is 21.8. The zero-order chi connectivity index (χ0) is 26.0. The van der Waals surface area contributed by atoms with Gasteiger partial charge in [-0.25, -0.2) is 0 Å². The third kappa shape index (κ3) is 7.47. The van der Waals surface area contributed by atoms with Crippen LogP contribution >= 0.6 is 23.2 Å². The number of hydrogen-bond acceptors (Lipinski definition) is 8. The molecule has 0 saturated heterocycles. The van der Waals surface area contributed by atoms with Gasteiger partial charge in [0.15, 0.2) is 11.5 Å². The molecule has 9 nitrogen and oxygen atoms in total. The van der Waals surface area contributed by atoms with Crippen LogP contribution < -0.4 is 24.3 Å². The van der Waals surface area contributed by atoms with Gasteiger partial charge in [-0.15, -0.1) is 0 Å². The molecule has 0 bridgehead atoms. The second-order valence-electron chi connectivity index (χ2n) is 6.96. The first kappa shape index (κ1) is 28.2. The van der Waals surface area contributed by atoms with Gasteiger partial charge in [0.05, 0.1) is 32.1 Å². The minimum Gasteiger partial charge on any atom is -0.494 e. The second-order valence-corrected chi connectivity index (χ2v) is 7.71. The molecule has 2 rings (SSSR count). The van der Waals surface area contributed by atoms with Crippen molar-refractivity contribution in [1.82, 2.24) is 0 Å². The van der Waals surface area contributed by atoms with Crippen LogP contribution in [-0.2, 0) is 9.59 Å². The highest BCUT2D eigenvalue weighted by Gasteiger charge is 2.25. The van der Waals surface area contributed by atoms with Gasteiger partial charge in [0.1, 0.15) is 33.0 Å².